The van der Waals surface area contributed by atoms with Gasteiger partial charge in [0.2, 0.25) is 21.8 Å². The molecular formula is C18H21N3O4S2. The maximum Gasteiger partial charge on any atom is 0.247 e. The first-order chi connectivity index (χ1) is 12.9. The number of benzene rings is 1. The van der Waals surface area contributed by atoms with Crippen LogP contribution in [0.25, 0.3) is 0 Å². The van der Waals surface area contributed by atoms with Crippen LogP contribution in [0.2, 0.25) is 0 Å². The lowest BCUT2D eigenvalue weighted by Crippen LogP contribution is -2.45. The van der Waals surface area contributed by atoms with E-state index in [4.69, 9.17) is 5.14 Å². The maximum absolute atomic E-state index is 12.9. The van der Waals surface area contributed by atoms with Gasteiger partial charge in [0, 0.05) is 17.8 Å². The quantitative estimate of drug-likeness (QED) is 0.760. The van der Waals surface area contributed by atoms with Crippen LogP contribution in [0.3, 0.4) is 0 Å². The molecule has 144 valence electrons. The molecule has 1 aliphatic heterocycles. The van der Waals surface area contributed by atoms with Crippen LogP contribution in [-0.4, -0.2) is 31.7 Å². The van der Waals surface area contributed by atoms with Crippen LogP contribution in [0.1, 0.15) is 35.7 Å². The van der Waals surface area contributed by atoms with E-state index in [1.54, 1.807) is 11.0 Å². The number of primary sulfonamides is 1. The predicted molar refractivity (Wildman–Crippen MR) is 102 cm³/mol. The van der Waals surface area contributed by atoms with Gasteiger partial charge in [-0.1, -0.05) is 30.3 Å². The van der Waals surface area contributed by atoms with Crippen molar-refractivity contribution >= 4 is 33.2 Å². The Balaban J connectivity index is 1.77. The van der Waals surface area contributed by atoms with E-state index < -0.39 is 16.1 Å². The van der Waals surface area contributed by atoms with Crippen LogP contribution in [0.5, 0.6) is 0 Å². The highest BCUT2D eigenvalue weighted by Gasteiger charge is 2.32. The number of likely N-dealkylation sites (tertiary alicyclic amines) is 1. The number of nitrogens with two attached hydrogens (primary N) is 1. The molecular weight excluding hydrogens is 386 g/mol. The molecule has 1 unspecified atom stereocenters. The molecule has 1 fully saturated rings. The van der Waals surface area contributed by atoms with Gasteiger partial charge in [0.15, 0.2) is 0 Å². The van der Waals surface area contributed by atoms with Gasteiger partial charge in [-0.3, -0.25) is 9.59 Å². The van der Waals surface area contributed by atoms with Crippen LogP contribution < -0.4 is 10.5 Å². The molecule has 3 rings (SSSR count). The Bertz CT molecular complexity index is 925. The minimum Gasteiger partial charge on any atom is -0.349 e. The molecule has 1 aromatic carbocycles. The van der Waals surface area contributed by atoms with Crippen molar-refractivity contribution in [2.45, 2.75) is 36.1 Å². The van der Waals surface area contributed by atoms with Crippen LogP contribution in [0, 0.1) is 0 Å². The van der Waals surface area contributed by atoms with Crippen LogP contribution in [0.4, 0.5) is 0 Å². The van der Waals surface area contributed by atoms with Gasteiger partial charge >= 0.3 is 0 Å². The highest BCUT2D eigenvalue weighted by atomic mass is 32.2. The van der Waals surface area contributed by atoms with Crippen LogP contribution >= 0.6 is 11.3 Å². The highest BCUT2D eigenvalue weighted by Crippen LogP contribution is 2.26. The number of thiophene rings is 1. The standard InChI is InChI=1S/C18H21N3O4S2/c19-27(24,25)16-10-9-14(26-16)12-20-18(23)17(13-6-2-1-3-7-13)21-11-5-4-8-15(21)22/h1-3,6-7,9-10,17H,4-5,8,11-12H2,(H,20,23)(H2,19,24,25). The average molecular weight is 408 g/mol. The van der Waals surface area contributed by atoms with Gasteiger partial charge in [0.25, 0.3) is 0 Å². The Labute approximate surface area is 162 Å². The summed E-state index contributed by atoms with van der Waals surface area (Å²) in [5, 5.41) is 7.94. The van der Waals surface area contributed by atoms with E-state index in [1.807, 2.05) is 30.3 Å². The summed E-state index contributed by atoms with van der Waals surface area (Å²) in [6.07, 6.45) is 2.15. The lowest BCUT2D eigenvalue weighted by molar-refractivity contribution is -0.142. The van der Waals surface area contributed by atoms with E-state index in [1.165, 1.54) is 6.07 Å². The predicted octanol–water partition coefficient (Wildman–Crippen LogP) is 1.77. The van der Waals surface area contributed by atoms with Crippen molar-refractivity contribution < 1.29 is 18.0 Å². The Morgan fingerprint density at radius 2 is 1.93 bits per heavy atom. The molecule has 1 aliphatic rings. The second kappa shape index (κ2) is 8.20. The van der Waals surface area contributed by atoms with Crippen molar-refractivity contribution in [1.82, 2.24) is 10.2 Å². The van der Waals surface area contributed by atoms with Crippen LogP contribution in [0.15, 0.2) is 46.7 Å². The summed E-state index contributed by atoms with van der Waals surface area (Å²) in [5.74, 6) is -0.320. The molecule has 0 spiro atoms. The highest BCUT2D eigenvalue weighted by molar-refractivity contribution is 7.91. The number of rotatable bonds is 6. The number of hydrogen-bond acceptors (Lipinski definition) is 5. The van der Waals surface area contributed by atoms with E-state index in [0.717, 1.165) is 29.7 Å². The van der Waals surface area contributed by atoms with Crippen molar-refractivity contribution in [1.29, 1.82) is 0 Å². The maximum atomic E-state index is 12.9. The lowest BCUT2D eigenvalue weighted by atomic mass is 10.0. The van der Waals surface area contributed by atoms with Crippen molar-refractivity contribution in [3.63, 3.8) is 0 Å². The topological polar surface area (TPSA) is 110 Å². The second-order valence-corrected chi connectivity index (χ2v) is 9.30. The van der Waals surface area contributed by atoms with Gasteiger partial charge in [-0.2, -0.15) is 0 Å². The SMILES string of the molecule is NS(=O)(=O)c1ccc(CNC(=O)C(c2ccccc2)N2CCCCC2=O)s1. The third-order valence-corrected chi connectivity index (χ3v) is 6.91. The monoisotopic (exact) mass is 407 g/mol. The fraction of sp³-hybridized carbons (Fsp3) is 0.333. The van der Waals surface area contributed by atoms with Gasteiger partial charge in [-0.25, -0.2) is 13.6 Å². The Hall–Kier alpha value is -2.23. The van der Waals surface area contributed by atoms with E-state index >= 15 is 0 Å². The van der Waals surface area contributed by atoms with E-state index in [2.05, 4.69) is 5.32 Å². The summed E-state index contributed by atoms with van der Waals surface area (Å²) in [6, 6.07) is 11.5. The number of sulfonamides is 1. The Kier molecular flexibility index (Phi) is 5.93. The van der Waals surface area contributed by atoms with Gasteiger partial charge in [-0.15, -0.1) is 11.3 Å². The molecule has 3 N–H and O–H groups in total. The van der Waals surface area contributed by atoms with Gasteiger partial charge < -0.3 is 10.2 Å². The normalized spacial score (nSPS) is 16.2. The summed E-state index contributed by atoms with van der Waals surface area (Å²) < 4.78 is 22.8. The Morgan fingerprint density at radius 3 is 2.56 bits per heavy atom. The molecule has 2 amide bonds. The summed E-state index contributed by atoms with van der Waals surface area (Å²) in [7, 11) is -3.75. The molecule has 27 heavy (non-hydrogen) atoms. The zero-order valence-corrected chi connectivity index (χ0v) is 16.3. The number of carbonyl (C=O) groups excluding carboxylic acids is 2. The number of hydrogen-bond donors (Lipinski definition) is 2. The second-order valence-electron chi connectivity index (χ2n) is 6.34. The van der Waals surface area contributed by atoms with Crippen molar-refractivity contribution in [3.8, 4) is 0 Å². The molecule has 2 heterocycles. The zero-order chi connectivity index (χ0) is 19.4. The summed E-state index contributed by atoms with van der Waals surface area (Å²) >= 11 is 1.02. The largest absolute Gasteiger partial charge is 0.349 e. The van der Waals surface area contributed by atoms with Crippen molar-refractivity contribution in [2.24, 2.45) is 5.14 Å². The zero-order valence-electron chi connectivity index (χ0n) is 14.6. The fourth-order valence-corrected chi connectivity index (χ4v) is 4.80. The third-order valence-electron chi connectivity index (χ3n) is 4.39. The van der Waals surface area contributed by atoms with E-state index in [-0.39, 0.29) is 22.6 Å². The van der Waals surface area contributed by atoms with Crippen LogP contribution in [-0.2, 0) is 26.2 Å². The molecule has 9 heteroatoms. The lowest BCUT2D eigenvalue weighted by Gasteiger charge is -2.34. The van der Waals surface area contributed by atoms with Gasteiger partial charge in [-0.05, 0) is 30.5 Å². The average Bonchev–Trinajstić information content (AvgIpc) is 3.12. The molecule has 0 aliphatic carbocycles. The summed E-state index contributed by atoms with van der Waals surface area (Å²) in [4.78, 5) is 27.6. The molecule has 0 saturated carbocycles. The molecule has 2 aromatic rings. The first-order valence-corrected chi connectivity index (χ1v) is 11.0. The molecule has 1 saturated heterocycles. The number of carbonyl (C=O) groups is 2. The molecule has 1 aromatic heterocycles. The summed E-state index contributed by atoms with van der Waals surface area (Å²) in [5.41, 5.74) is 0.752. The van der Waals surface area contributed by atoms with E-state index in [0.29, 0.717) is 17.8 Å². The number of piperidine rings is 1. The number of nitrogens with zero attached hydrogens (tertiary/aromatic N) is 1. The summed E-state index contributed by atoms with van der Waals surface area (Å²) in [6.45, 7) is 0.713. The Morgan fingerprint density at radius 1 is 1.19 bits per heavy atom. The minimum atomic E-state index is -3.75. The first-order valence-electron chi connectivity index (χ1n) is 8.60. The number of nitrogens with one attached hydrogen (secondary N) is 1. The van der Waals surface area contributed by atoms with E-state index in [9.17, 15) is 18.0 Å². The first kappa shape index (κ1) is 19.5. The third kappa shape index (κ3) is 4.74. The van der Waals surface area contributed by atoms with Crippen molar-refractivity contribution in [2.75, 3.05) is 6.54 Å². The minimum absolute atomic E-state index is 0.0297. The molecule has 0 bridgehead atoms. The molecule has 1 atom stereocenters. The van der Waals surface area contributed by atoms with Gasteiger partial charge in [0.05, 0.1) is 6.54 Å². The van der Waals surface area contributed by atoms with Gasteiger partial charge in [0.1, 0.15) is 10.3 Å². The number of amides is 2. The molecule has 7 nitrogen and oxygen atoms in total. The van der Waals surface area contributed by atoms with Crippen molar-refractivity contribution in [3.05, 3.63) is 52.9 Å². The fourth-order valence-electron chi connectivity index (χ4n) is 3.09. The smallest absolute Gasteiger partial charge is 0.247 e. The molecule has 0 radical (unpaired) electrons.